The van der Waals surface area contributed by atoms with Crippen LogP contribution in [0.4, 0.5) is 0 Å². The molecule has 0 radical (unpaired) electrons. The van der Waals surface area contributed by atoms with Gasteiger partial charge in [0.25, 0.3) is 0 Å². The standard InChI is InChI=1S/C14H19ClN2O3S/c1-10(2)17-9-11(6-14(17)18)8-16-21(19,20)13-5-3-4-12(15)7-13/h3-5,7,10-11,16H,6,8-9H2,1-2H3. The molecule has 0 saturated carbocycles. The highest BCUT2D eigenvalue weighted by molar-refractivity contribution is 7.89. The summed E-state index contributed by atoms with van der Waals surface area (Å²) in [5, 5.41) is 0.375. The molecule has 0 aromatic heterocycles. The van der Waals surface area contributed by atoms with Gasteiger partial charge in [-0.1, -0.05) is 17.7 Å². The molecular weight excluding hydrogens is 312 g/mol. The number of carbonyl (C=O) groups excluding carboxylic acids is 1. The number of carbonyl (C=O) groups is 1. The van der Waals surface area contributed by atoms with Gasteiger partial charge in [-0.2, -0.15) is 0 Å². The molecular formula is C14H19ClN2O3S. The van der Waals surface area contributed by atoms with E-state index in [1.165, 1.54) is 12.1 Å². The molecule has 21 heavy (non-hydrogen) atoms. The summed E-state index contributed by atoms with van der Waals surface area (Å²) in [5.41, 5.74) is 0. The fraction of sp³-hybridized carbons (Fsp3) is 0.500. The van der Waals surface area contributed by atoms with E-state index in [-0.39, 0.29) is 29.3 Å². The third kappa shape index (κ3) is 3.96. The second-order valence-electron chi connectivity index (χ2n) is 5.52. The first kappa shape index (κ1) is 16.3. The SMILES string of the molecule is CC(C)N1CC(CNS(=O)(=O)c2cccc(Cl)c2)CC1=O. The maximum Gasteiger partial charge on any atom is 0.240 e. The van der Waals surface area contributed by atoms with E-state index in [0.717, 1.165) is 0 Å². The van der Waals surface area contributed by atoms with Crippen LogP contribution in [0.15, 0.2) is 29.2 Å². The number of halogens is 1. The second-order valence-corrected chi connectivity index (χ2v) is 7.72. The first-order chi connectivity index (χ1) is 9.79. The van der Waals surface area contributed by atoms with Gasteiger partial charge in [0.05, 0.1) is 4.90 Å². The van der Waals surface area contributed by atoms with Crippen molar-refractivity contribution < 1.29 is 13.2 Å². The van der Waals surface area contributed by atoms with E-state index in [0.29, 0.717) is 18.0 Å². The smallest absolute Gasteiger partial charge is 0.240 e. The Kier molecular flexibility index (Phi) is 4.91. The van der Waals surface area contributed by atoms with Crippen molar-refractivity contribution in [2.75, 3.05) is 13.1 Å². The molecule has 0 spiro atoms. The lowest BCUT2D eigenvalue weighted by Gasteiger charge is -2.21. The highest BCUT2D eigenvalue weighted by Crippen LogP contribution is 2.20. The Morgan fingerprint density at radius 3 is 2.71 bits per heavy atom. The van der Waals surface area contributed by atoms with Crippen molar-refractivity contribution in [2.24, 2.45) is 5.92 Å². The van der Waals surface area contributed by atoms with Crippen molar-refractivity contribution in [1.29, 1.82) is 0 Å². The van der Waals surface area contributed by atoms with Crippen molar-refractivity contribution in [2.45, 2.75) is 31.2 Å². The van der Waals surface area contributed by atoms with E-state index in [1.54, 1.807) is 17.0 Å². The largest absolute Gasteiger partial charge is 0.340 e. The Labute approximate surface area is 130 Å². The van der Waals surface area contributed by atoms with E-state index >= 15 is 0 Å². The molecule has 1 aromatic carbocycles. The molecule has 1 atom stereocenters. The molecule has 0 aliphatic carbocycles. The van der Waals surface area contributed by atoms with E-state index in [9.17, 15) is 13.2 Å². The number of nitrogens with zero attached hydrogens (tertiary/aromatic N) is 1. The van der Waals surface area contributed by atoms with Crippen LogP contribution in [0.2, 0.25) is 5.02 Å². The Bertz CT molecular complexity index is 631. The third-order valence-corrected chi connectivity index (χ3v) is 5.19. The molecule has 5 nitrogen and oxygen atoms in total. The molecule has 2 rings (SSSR count). The number of benzene rings is 1. The molecule has 1 unspecified atom stereocenters. The minimum Gasteiger partial charge on any atom is -0.340 e. The summed E-state index contributed by atoms with van der Waals surface area (Å²) < 4.78 is 26.9. The van der Waals surface area contributed by atoms with Crippen LogP contribution < -0.4 is 4.72 Å². The first-order valence-electron chi connectivity index (χ1n) is 6.84. The van der Waals surface area contributed by atoms with Gasteiger partial charge < -0.3 is 4.90 Å². The van der Waals surface area contributed by atoms with Crippen molar-refractivity contribution in [1.82, 2.24) is 9.62 Å². The van der Waals surface area contributed by atoms with Crippen LogP contribution in [0.1, 0.15) is 20.3 Å². The van der Waals surface area contributed by atoms with Gasteiger partial charge in [0.1, 0.15) is 0 Å². The summed E-state index contributed by atoms with van der Waals surface area (Å²) in [6.07, 6.45) is 0.385. The summed E-state index contributed by atoms with van der Waals surface area (Å²) in [6, 6.07) is 6.26. The lowest BCUT2D eigenvalue weighted by molar-refractivity contribution is -0.129. The quantitative estimate of drug-likeness (QED) is 0.896. The van der Waals surface area contributed by atoms with Gasteiger partial charge in [-0.3, -0.25) is 4.79 Å². The van der Waals surface area contributed by atoms with Crippen molar-refractivity contribution in [3.8, 4) is 0 Å². The van der Waals surface area contributed by atoms with E-state index in [2.05, 4.69) is 4.72 Å². The zero-order valence-corrected chi connectivity index (χ0v) is 13.6. The Morgan fingerprint density at radius 1 is 1.43 bits per heavy atom. The second kappa shape index (κ2) is 6.34. The lowest BCUT2D eigenvalue weighted by atomic mass is 10.1. The molecule has 0 bridgehead atoms. The molecule has 1 aliphatic rings. The van der Waals surface area contributed by atoms with Crippen LogP contribution in [-0.4, -0.2) is 38.4 Å². The highest BCUT2D eigenvalue weighted by Gasteiger charge is 2.31. The summed E-state index contributed by atoms with van der Waals surface area (Å²) >= 11 is 5.81. The minimum atomic E-state index is -3.59. The van der Waals surface area contributed by atoms with Gasteiger partial charge >= 0.3 is 0 Å². The number of rotatable bonds is 5. The molecule has 7 heteroatoms. The topological polar surface area (TPSA) is 66.5 Å². The van der Waals surface area contributed by atoms with Gasteiger partial charge in [-0.25, -0.2) is 13.1 Å². The molecule has 1 fully saturated rings. The van der Waals surface area contributed by atoms with Crippen LogP contribution in [0, 0.1) is 5.92 Å². The Balaban J connectivity index is 1.99. The molecule has 116 valence electrons. The Morgan fingerprint density at radius 2 is 2.14 bits per heavy atom. The fourth-order valence-electron chi connectivity index (χ4n) is 2.39. The lowest BCUT2D eigenvalue weighted by Crippen LogP contribution is -2.34. The monoisotopic (exact) mass is 330 g/mol. The zero-order valence-electron chi connectivity index (χ0n) is 12.0. The van der Waals surface area contributed by atoms with E-state index < -0.39 is 10.0 Å². The fourth-order valence-corrected chi connectivity index (χ4v) is 3.81. The number of hydrogen-bond acceptors (Lipinski definition) is 3. The van der Waals surface area contributed by atoms with Gasteiger partial charge in [0.2, 0.25) is 15.9 Å². The van der Waals surface area contributed by atoms with Crippen LogP contribution in [-0.2, 0) is 14.8 Å². The average molecular weight is 331 g/mol. The summed E-state index contributed by atoms with van der Waals surface area (Å²) in [5.74, 6) is 0.0887. The molecule has 1 aliphatic heterocycles. The third-order valence-electron chi connectivity index (χ3n) is 3.53. The van der Waals surface area contributed by atoms with Crippen molar-refractivity contribution in [3.05, 3.63) is 29.3 Å². The maximum absolute atomic E-state index is 12.2. The molecule has 1 amide bonds. The van der Waals surface area contributed by atoms with E-state index in [1.807, 2.05) is 13.8 Å². The van der Waals surface area contributed by atoms with Crippen molar-refractivity contribution in [3.63, 3.8) is 0 Å². The summed E-state index contributed by atoms with van der Waals surface area (Å²) in [6.45, 7) is 4.76. The van der Waals surface area contributed by atoms with Crippen molar-refractivity contribution >= 4 is 27.5 Å². The number of amides is 1. The van der Waals surface area contributed by atoms with E-state index in [4.69, 9.17) is 11.6 Å². The summed E-state index contributed by atoms with van der Waals surface area (Å²) in [7, 11) is -3.59. The van der Waals surface area contributed by atoms with Gasteiger partial charge in [0.15, 0.2) is 0 Å². The van der Waals surface area contributed by atoms with Gasteiger partial charge in [0, 0.05) is 30.6 Å². The van der Waals surface area contributed by atoms with Gasteiger partial charge in [-0.05, 0) is 38.0 Å². The zero-order chi connectivity index (χ0) is 15.6. The van der Waals surface area contributed by atoms with Gasteiger partial charge in [-0.15, -0.1) is 0 Å². The van der Waals surface area contributed by atoms with Crippen LogP contribution in [0.3, 0.4) is 0 Å². The maximum atomic E-state index is 12.2. The average Bonchev–Trinajstić information content (AvgIpc) is 2.78. The molecule has 1 heterocycles. The van der Waals surface area contributed by atoms with Crippen LogP contribution in [0.5, 0.6) is 0 Å². The van der Waals surface area contributed by atoms with Crippen LogP contribution in [0.25, 0.3) is 0 Å². The molecule has 1 N–H and O–H groups in total. The Hall–Kier alpha value is -1.11. The molecule has 1 saturated heterocycles. The number of nitrogens with one attached hydrogen (secondary N) is 1. The molecule has 1 aromatic rings. The predicted octanol–water partition coefficient (Wildman–Crippen LogP) is 1.88. The first-order valence-corrected chi connectivity index (χ1v) is 8.70. The highest BCUT2D eigenvalue weighted by atomic mass is 35.5. The normalized spacial score (nSPS) is 19.5. The minimum absolute atomic E-state index is 0.00820. The van der Waals surface area contributed by atoms with Crippen LogP contribution >= 0.6 is 11.6 Å². The summed E-state index contributed by atoms with van der Waals surface area (Å²) in [4.78, 5) is 13.7. The number of sulfonamides is 1. The number of likely N-dealkylation sites (tertiary alicyclic amines) is 1. The predicted molar refractivity (Wildman–Crippen MR) is 81.6 cm³/mol. The number of hydrogen-bond donors (Lipinski definition) is 1.